The second-order valence-corrected chi connectivity index (χ2v) is 5.62. The van der Waals surface area contributed by atoms with Gasteiger partial charge in [0.1, 0.15) is 22.8 Å². The lowest BCUT2D eigenvalue weighted by molar-refractivity contribution is -0.384. The smallest absolute Gasteiger partial charge is 0.333 e. The van der Waals surface area contributed by atoms with E-state index in [-0.39, 0.29) is 18.1 Å². The van der Waals surface area contributed by atoms with Gasteiger partial charge in [0.2, 0.25) is 5.82 Å². The third-order valence-electron chi connectivity index (χ3n) is 3.59. The number of nitrogens with one attached hydrogen (secondary N) is 1. The van der Waals surface area contributed by atoms with Crippen LogP contribution < -0.4 is 5.32 Å². The molecular weight excluding hydrogens is 288 g/mol. The minimum absolute atomic E-state index is 0.0848. The predicted octanol–water partition coefficient (Wildman–Crippen LogP) is 2.17. The van der Waals surface area contributed by atoms with Crippen molar-refractivity contribution in [2.45, 2.75) is 33.3 Å². The van der Waals surface area contributed by atoms with E-state index in [1.807, 2.05) is 0 Å². The van der Waals surface area contributed by atoms with Gasteiger partial charge in [0.15, 0.2) is 0 Å². The van der Waals surface area contributed by atoms with Crippen molar-refractivity contribution in [2.24, 2.45) is 7.05 Å². The zero-order valence-corrected chi connectivity index (χ0v) is 13.3. The van der Waals surface area contributed by atoms with E-state index in [1.165, 1.54) is 4.68 Å². The Hall–Kier alpha value is -2.35. The maximum absolute atomic E-state index is 11.1. The quantitative estimate of drug-likeness (QED) is 0.647. The van der Waals surface area contributed by atoms with Crippen LogP contribution in [0.1, 0.15) is 29.7 Å². The van der Waals surface area contributed by atoms with Crippen LogP contribution in [0.2, 0.25) is 0 Å². The molecule has 0 saturated heterocycles. The summed E-state index contributed by atoms with van der Waals surface area (Å²) >= 11 is 0. The van der Waals surface area contributed by atoms with Crippen LogP contribution in [0.5, 0.6) is 0 Å². The minimum atomic E-state index is -1.23. The molecule has 1 atom stereocenters. The largest absolute Gasteiger partial charge is 0.466 e. The van der Waals surface area contributed by atoms with Crippen molar-refractivity contribution in [2.75, 3.05) is 11.9 Å². The summed E-state index contributed by atoms with van der Waals surface area (Å²) in [5, 5.41) is 28.8. The van der Waals surface area contributed by atoms with Gasteiger partial charge in [0, 0.05) is 19.2 Å². The predicted molar refractivity (Wildman–Crippen MR) is 80.8 cm³/mol. The molecule has 2 heterocycles. The van der Waals surface area contributed by atoms with Gasteiger partial charge >= 0.3 is 5.69 Å². The van der Waals surface area contributed by atoms with Crippen molar-refractivity contribution in [3.8, 4) is 0 Å². The molecule has 0 amide bonds. The highest BCUT2D eigenvalue weighted by atomic mass is 16.6. The molecule has 0 radical (unpaired) electrons. The first-order valence-corrected chi connectivity index (χ1v) is 6.85. The third-order valence-corrected chi connectivity index (χ3v) is 3.59. The number of hydrogen-bond donors (Lipinski definition) is 2. The minimum Gasteiger partial charge on any atom is -0.466 e. The van der Waals surface area contributed by atoms with E-state index >= 15 is 0 Å². The number of nitro groups is 1. The van der Waals surface area contributed by atoms with Crippen LogP contribution in [0.15, 0.2) is 10.5 Å². The average Bonchev–Trinajstić information content (AvgIpc) is 2.86. The highest BCUT2D eigenvalue weighted by Gasteiger charge is 2.30. The van der Waals surface area contributed by atoms with E-state index in [4.69, 9.17) is 4.42 Å². The maximum Gasteiger partial charge on any atom is 0.333 e. The van der Waals surface area contributed by atoms with Crippen LogP contribution in [0.25, 0.3) is 0 Å². The molecule has 8 heteroatoms. The molecule has 0 fully saturated rings. The van der Waals surface area contributed by atoms with Crippen LogP contribution in [-0.4, -0.2) is 26.4 Å². The van der Waals surface area contributed by atoms with Gasteiger partial charge in [-0.3, -0.25) is 10.1 Å². The van der Waals surface area contributed by atoms with Crippen molar-refractivity contribution in [1.82, 2.24) is 9.78 Å². The van der Waals surface area contributed by atoms with Gasteiger partial charge < -0.3 is 14.8 Å². The average molecular weight is 308 g/mol. The number of aromatic nitrogens is 2. The second kappa shape index (κ2) is 5.45. The Labute approximate surface area is 127 Å². The van der Waals surface area contributed by atoms with Crippen molar-refractivity contribution < 1.29 is 14.4 Å². The Morgan fingerprint density at radius 2 is 2.14 bits per heavy atom. The zero-order chi connectivity index (χ0) is 16.7. The molecule has 1 unspecified atom stereocenters. The molecule has 0 aromatic carbocycles. The van der Waals surface area contributed by atoms with Gasteiger partial charge in [0.05, 0.1) is 4.92 Å². The molecule has 0 saturated carbocycles. The summed E-state index contributed by atoms with van der Waals surface area (Å²) in [6.45, 7) is 6.87. The fourth-order valence-corrected chi connectivity index (χ4v) is 2.58. The molecule has 22 heavy (non-hydrogen) atoms. The van der Waals surface area contributed by atoms with E-state index in [0.29, 0.717) is 22.8 Å². The molecule has 0 aliphatic rings. The van der Waals surface area contributed by atoms with Gasteiger partial charge in [-0.1, -0.05) is 0 Å². The Morgan fingerprint density at radius 3 is 2.64 bits per heavy atom. The lowest BCUT2D eigenvalue weighted by Crippen LogP contribution is -2.31. The van der Waals surface area contributed by atoms with Gasteiger partial charge in [-0.05, 0) is 33.8 Å². The number of furan rings is 1. The van der Waals surface area contributed by atoms with E-state index in [9.17, 15) is 15.2 Å². The Morgan fingerprint density at radius 1 is 1.50 bits per heavy atom. The molecule has 0 bridgehead atoms. The summed E-state index contributed by atoms with van der Waals surface area (Å²) in [6, 6.07) is 1.76. The van der Waals surface area contributed by atoms with Crippen molar-refractivity contribution in [3.05, 3.63) is 39.0 Å². The fraction of sp³-hybridized carbons (Fsp3) is 0.500. The maximum atomic E-state index is 11.1. The summed E-state index contributed by atoms with van der Waals surface area (Å²) < 4.78 is 6.83. The molecular formula is C14H20N4O4. The topological polar surface area (TPSA) is 106 Å². The number of aliphatic hydroxyl groups is 1. The number of anilines is 1. The van der Waals surface area contributed by atoms with Crippen LogP contribution >= 0.6 is 0 Å². The van der Waals surface area contributed by atoms with Crippen molar-refractivity contribution in [3.63, 3.8) is 0 Å². The van der Waals surface area contributed by atoms with E-state index in [1.54, 1.807) is 40.8 Å². The summed E-state index contributed by atoms with van der Waals surface area (Å²) in [7, 11) is 1.62. The standard InChI is InChI=1S/C14H20N4O4/c1-8-6-11(10(3)22-8)14(4,19)7-15-13-12(18(20)21)9(2)16-17(13)5/h6,15,19H,7H2,1-5H3. The lowest BCUT2D eigenvalue weighted by atomic mass is 9.96. The van der Waals surface area contributed by atoms with Crippen LogP contribution in [0, 0.1) is 30.9 Å². The number of hydrogen-bond acceptors (Lipinski definition) is 6. The molecule has 0 aliphatic carbocycles. The number of aryl methyl sites for hydroxylation is 4. The fourth-order valence-electron chi connectivity index (χ4n) is 2.58. The van der Waals surface area contributed by atoms with Crippen LogP contribution in [0.3, 0.4) is 0 Å². The normalized spacial score (nSPS) is 13.9. The van der Waals surface area contributed by atoms with Crippen molar-refractivity contribution in [1.29, 1.82) is 0 Å². The molecule has 8 nitrogen and oxygen atoms in total. The Balaban J connectivity index is 2.26. The number of rotatable bonds is 5. The first-order valence-electron chi connectivity index (χ1n) is 6.85. The van der Waals surface area contributed by atoms with Gasteiger partial charge in [-0.2, -0.15) is 5.10 Å². The number of nitrogens with zero attached hydrogens (tertiary/aromatic N) is 3. The van der Waals surface area contributed by atoms with E-state index in [2.05, 4.69) is 10.4 Å². The highest BCUT2D eigenvalue weighted by molar-refractivity contribution is 5.59. The first-order chi connectivity index (χ1) is 10.1. The highest BCUT2D eigenvalue weighted by Crippen LogP contribution is 2.31. The lowest BCUT2D eigenvalue weighted by Gasteiger charge is -2.23. The summed E-state index contributed by atoms with van der Waals surface area (Å²) in [5.74, 6) is 1.59. The summed E-state index contributed by atoms with van der Waals surface area (Å²) in [6.07, 6.45) is 0. The summed E-state index contributed by atoms with van der Waals surface area (Å²) in [4.78, 5) is 10.7. The molecule has 2 aromatic rings. The van der Waals surface area contributed by atoms with Gasteiger partial charge in [0.25, 0.3) is 0 Å². The molecule has 2 N–H and O–H groups in total. The Bertz CT molecular complexity index is 715. The molecule has 0 aliphatic heterocycles. The molecule has 0 spiro atoms. The van der Waals surface area contributed by atoms with Gasteiger partial charge in [-0.25, -0.2) is 4.68 Å². The SMILES string of the molecule is Cc1cc(C(C)(O)CNc2c([N+](=O)[O-])c(C)nn2C)c(C)o1. The zero-order valence-electron chi connectivity index (χ0n) is 13.3. The molecule has 2 rings (SSSR count). The van der Waals surface area contributed by atoms with Crippen molar-refractivity contribution >= 4 is 11.5 Å². The van der Waals surface area contributed by atoms with Crippen LogP contribution in [0.4, 0.5) is 11.5 Å². The molecule has 2 aromatic heterocycles. The third kappa shape index (κ3) is 2.82. The Kier molecular flexibility index (Phi) is 3.97. The first kappa shape index (κ1) is 16.0. The van der Waals surface area contributed by atoms with Gasteiger partial charge in [-0.15, -0.1) is 0 Å². The summed E-state index contributed by atoms with van der Waals surface area (Å²) in [5.41, 5.74) is -0.337. The van der Waals surface area contributed by atoms with E-state index in [0.717, 1.165) is 0 Å². The monoisotopic (exact) mass is 308 g/mol. The second-order valence-electron chi connectivity index (χ2n) is 5.62. The van der Waals surface area contributed by atoms with E-state index < -0.39 is 10.5 Å². The van der Waals surface area contributed by atoms with Crippen LogP contribution in [-0.2, 0) is 12.6 Å². The molecule has 120 valence electrons.